The molecule has 3 aromatic carbocycles. The van der Waals surface area contributed by atoms with Crippen molar-refractivity contribution in [2.45, 2.75) is 97.3 Å². The van der Waals surface area contributed by atoms with Gasteiger partial charge in [0.05, 0.1) is 12.2 Å². The fourth-order valence-electron chi connectivity index (χ4n) is 4.61. The molecule has 0 unspecified atom stereocenters. The topological polar surface area (TPSA) is 35.5 Å². The van der Waals surface area contributed by atoms with E-state index in [2.05, 4.69) is 38.1 Å². The monoisotopic (exact) mass is 514 g/mol. The van der Waals surface area contributed by atoms with E-state index in [1.165, 1.54) is 76.2 Å². The van der Waals surface area contributed by atoms with E-state index in [4.69, 9.17) is 9.47 Å². The van der Waals surface area contributed by atoms with Crippen LogP contribution in [0.5, 0.6) is 11.5 Å². The summed E-state index contributed by atoms with van der Waals surface area (Å²) >= 11 is 0. The molecule has 0 heterocycles. The zero-order chi connectivity index (χ0) is 26.8. The largest absolute Gasteiger partial charge is 0.494 e. The molecule has 0 aromatic heterocycles. The summed E-state index contributed by atoms with van der Waals surface area (Å²) in [6, 6.07) is 23.7. The average molecular weight is 515 g/mol. The molecule has 38 heavy (non-hydrogen) atoms. The van der Waals surface area contributed by atoms with E-state index in [1.807, 2.05) is 48.5 Å². The third kappa shape index (κ3) is 10.7. The molecular weight excluding hydrogens is 468 g/mol. The van der Waals surface area contributed by atoms with Crippen LogP contribution < -0.4 is 9.47 Å². The number of aryl methyl sites for hydroxylation is 1. The van der Waals surface area contributed by atoms with Gasteiger partial charge in [0.25, 0.3) is 0 Å². The van der Waals surface area contributed by atoms with Crippen molar-refractivity contribution < 1.29 is 14.3 Å². The molecule has 0 radical (unpaired) electrons. The molecule has 3 heteroatoms. The number of unbranched alkanes of at least 4 members (excludes halogenated alkanes) is 10. The Labute approximate surface area is 230 Å². The maximum Gasteiger partial charge on any atom is 0.343 e. The number of benzene rings is 3. The van der Waals surface area contributed by atoms with E-state index in [-0.39, 0.29) is 5.97 Å². The minimum atomic E-state index is -0.335. The van der Waals surface area contributed by atoms with Crippen molar-refractivity contribution in [2.24, 2.45) is 0 Å². The fourth-order valence-corrected chi connectivity index (χ4v) is 4.61. The van der Waals surface area contributed by atoms with Crippen LogP contribution in [0.2, 0.25) is 0 Å². The molecule has 204 valence electrons. The van der Waals surface area contributed by atoms with Gasteiger partial charge < -0.3 is 9.47 Å². The van der Waals surface area contributed by atoms with Gasteiger partial charge in [0, 0.05) is 0 Å². The highest BCUT2D eigenvalue weighted by Gasteiger charge is 2.09. The Morgan fingerprint density at radius 2 is 1.05 bits per heavy atom. The molecule has 0 N–H and O–H groups in total. The van der Waals surface area contributed by atoms with Gasteiger partial charge >= 0.3 is 5.97 Å². The van der Waals surface area contributed by atoms with E-state index in [1.54, 1.807) is 0 Å². The van der Waals surface area contributed by atoms with E-state index in [0.717, 1.165) is 36.3 Å². The summed E-state index contributed by atoms with van der Waals surface area (Å²) < 4.78 is 11.5. The highest BCUT2D eigenvalue weighted by Crippen LogP contribution is 2.24. The summed E-state index contributed by atoms with van der Waals surface area (Å²) in [6.07, 6.45) is 16.4. The molecule has 0 atom stereocenters. The van der Waals surface area contributed by atoms with Crippen molar-refractivity contribution in [2.75, 3.05) is 6.61 Å². The first-order valence-electron chi connectivity index (χ1n) is 14.8. The zero-order valence-electron chi connectivity index (χ0n) is 23.6. The summed E-state index contributed by atoms with van der Waals surface area (Å²) in [5, 5.41) is 0. The van der Waals surface area contributed by atoms with Crippen LogP contribution in [0.15, 0.2) is 72.8 Å². The lowest BCUT2D eigenvalue weighted by Crippen LogP contribution is -2.08. The Kier molecular flexibility index (Phi) is 13.5. The Balaban J connectivity index is 1.41. The van der Waals surface area contributed by atoms with Gasteiger partial charge in [-0.3, -0.25) is 0 Å². The molecule has 0 amide bonds. The molecule has 0 bridgehead atoms. The highest BCUT2D eigenvalue weighted by molar-refractivity contribution is 5.91. The standard InChI is InChI=1S/C35H46O3/c1-3-5-7-9-11-13-15-29-16-24-34(25-17-29)38-35(36)32-20-18-30(19-21-32)31-22-26-33(27-23-31)37-28-14-12-10-8-6-4-2/h16-27H,3-15,28H2,1-2H3. The summed E-state index contributed by atoms with van der Waals surface area (Å²) in [5.41, 5.74) is 3.99. The Morgan fingerprint density at radius 3 is 1.66 bits per heavy atom. The number of rotatable bonds is 18. The van der Waals surface area contributed by atoms with Crippen LogP contribution in [0.4, 0.5) is 0 Å². The molecule has 0 aliphatic heterocycles. The smallest absolute Gasteiger partial charge is 0.343 e. The van der Waals surface area contributed by atoms with Crippen molar-refractivity contribution in [3.63, 3.8) is 0 Å². The second-order valence-electron chi connectivity index (χ2n) is 10.3. The summed E-state index contributed by atoms with van der Waals surface area (Å²) in [6.45, 7) is 5.26. The second kappa shape index (κ2) is 17.4. The molecule has 0 aliphatic rings. The maximum atomic E-state index is 12.6. The number of carbonyl (C=O) groups is 1. The van der Waals surface area contributed by atoms with Crippen LogP contribution in [0.1, 0.15) is 107 Å². The van der Waals surface area contributed by atoms with Gasteiger partial charge in [0.2, 0.25) is 0 Å². The predicted molar refractivity (Wildman–Crippen MR) is 159 cm³/mol. The Bertz CT molecular complexity index is 1040. The van der Waals surface area contributed by atoms with Crippen molar-refractivity contribution in [1.82, 2.24) is 0 Å². The van der Waals surface area contributed by atoms with Crippen LogP contribution in [-0.4, -0.2) is 12.6 Å². The Morgan fingerprint density at radius 1 is 0.553 bits per heavy atom. The summed E-state index contributed by atoms with van der Waals surface area (Å²) in [7, 11) is 0. The third-order valence-electron chi connectivity index (χ3n) is 7.03. The van der Waals surface area contributed by atoms with Gasteiger partial charge in [-0.1, -0.05) is 114 Å². The Hall–Kier alpha value is -3.07. The number of carbonyl (C=O) groups excluding carboxylic acids is 1. The average Bonchev–Trinajstić information content (AvgIpc) is 2.96. The van der Waals surface area contributed by atoms with Crippen molar-refractivity contribution in [3.8, 4) is 22.6 Å². The molecule has 3 aromatic rings. The van der Waals surface area contributed by atoms with Gasteiger partial charge in [0.1, 0.15) is 11.5 Å². The molecule has 0 saturated carbocycles. The molecule has 0 aliphatic carbocycles. The van der Waals surface area contributed by atoms with Crippen LogP contribution in [0, 0.1) is 0 Å². The SMILES string of the molecule is CCCCCCCCOc1ccc(-c2ccc(C(=O)Oc3ccc(CCCCCCCC)cc3)cc2)cc1. The molecule has 0 fully saturated rings. The minimum absolute atomic E-state index is 0.335. The second-order valence-corrected chi connectivity index (χ2v) is 10.3. The maximum absolute atomic E-state index is 12.6. The third-order valence-corrected chi connectivity index (χ3v) is 7.03. The van der Waals surface area contributed by atoms with E-state index in [0.29, 0.717) is 11.3 Å². The van der Waals surface area contributed by atoms with Gasteiger partial charge in [-0.25, -0.2) is 4.79 Å². The first-order valence-corrected chi connectivity index (χ1v) is 14.8. The van der Waals surface area contributed by atoms with Crippen LogP contribution in [0.3, 0.4) is 0 Å². The van der Waals surface area contributed by atoms with Crippen LogP contribution in [-0.2, 0) is 6.42 Å². The van der Waals surface area contributed by atoms with Crippen molar-refractivity contribution in [3.05, 3.63) is 83.9 Å². The zero-order valence-corrected chi connectivity index (χ0v) is 23.6. The number of ether oxygens (including phenoxy) is 2. The normalized spacial score (nSPS) is 10.9. The predicted octanol–water partition coefficient (Wildman–Crippen LogP) is 10.2. The summed E-state index contributed by atoms with van der Waals surface area (Å²) in [5.74, 6) is 1.15. The van der Waals surface area contributed by atoms with Gasteiger partial charge in [-0.15, -0.1) is 0 Å². The van der Waals surface area contributed by atoms with Crippen LogP contribution in [0.25, 0.3) is 11.1 Å². The van der Waals surface area contributed by atoms with Gasteiger partial charge in [0.15, 0.2) is 0 Å². The molecule has 3 nitrogen and oxygen atoms in total. The quantitative estimate of drug-likeness (QED) is 0.0962. The van der Waals surface area contributed by atoms with E-state index < -0.39 is 0 Å². The number of hydrogen-bond acceptors (Lipinski definition) is 3. The van der Waals surface area contributed by atoms with Crippen molar-refractivity contribution in [1.29, 1.82) is 0 Å². The van der Waals surface area contributed by atoms with E-state index in [9.17, 15) is 4.79 Å². The fraction of sp³-hybridized carbons (Fsp3) is 0.457. The minimum Gasteiger partial charge on any atom is -0.494 e. The molecular formula is C35H46O3. The van der Waals surface area contributed by atoms with Gasteiger partial charge in [-0.2, -0.15) is 0 Å². The number of hydrogen-bond donors (Lipinski definition) is 0. The highest BCUT2D eigenvalue weighted by atomic mass is 16.5. The first-order chi connectivity index (χ1) is 18.7. The van der Waals surface area contributed by atoms with Crippen molar-refractivity contribution >= 4 is 5.97 Å². The number of esters is 1. The first kappa shape index (κ1) is 29.5. The molecule has 0 spiro atoms. The lowest BCUT2D eigenvalue weighted by atomic mass is 10.0. The molecule has 3 rings (SSSR count). The van der Waals surface area contributed by atoms with Crippen LogP contribution >= 0.6 is 0 Å². The van der Waals surface area contributed by atoms with Gasteiger partial charge in [-0.05, 0) is 72.4 Å². The lowest BCUT2D eigenvalue weighted by molar-refractivity contribution is 0.0734. The lowest BCUT2D eigenvalue weighted by Gasteiger charge is -2.09. The molecule has 0 saturated heterocycles. The van der Waals surface area contributed by atoms with E-state index >= 15 is 0 Å². The summed E-state index contributed by atoms with van der Waals surface area (Å²) in [4.78, 5) is 12.6.